The Morgan fingerprint density at radius 3 is 1.08 bits per heavy atom. The third-order valence-electron chi connectivity index (χ3n) is 0.681. The van der Waals surface area contributed by atoms with Crippen molar-refractivity contribution in [3.63, 3.8) is 0 Å². The van der Waals surface area contributed by atoms with Gasteiger partial charge in [0.15, 0.2) is 12.3 Å². The Bertz CT molecular complexity index is 139. The summed E-state index contributed by atoms with van der Waals surface area (Å²) in [7, 11) is 0. The van der Waals surface area contributed by atoms with Crippen LogP contribution in [0.4, 0.5) is 8.78 Å². The summed E-state index contributed by atoms with van der Waals surface area (Å²) < 4.78 is 22.4. The molecule has 2 atom stereocenters. The van der Waals surface area contributed by atoms with E-state index in [1.54, 1.807) is 0 Å². The van der Waals surface area contributed by atoms with Crippen molar-refractivity contribution >= 4 is 11.9 Å². The molecule has 0 aliphatic carbocycles. The number of hydrogen-bond acceptors (Lipinski definition) is 2. The molecule has 0 rings (SSSR count). The highest BCUT2D eigenvalue weighted by molar-refractivity contribution is 5.71. The Kier molecular flexibility index (Phi) is 12.2. The average molecular weight is 198 g/mol. The number of halogens is 2. The molecule has 0 unspecified atom stereocenters. The summed E-state index contributed by atoms with van der Waals surface area (Å²) in [6.45, 7) is 1.95. The van der Waals surface area contributed by atoms with Crippen LogP contribution in [-0.2, 0) is 9.59 Å². The number of aliphatic carboxylic acids is 2. The Morgan fingerprint density at radius 1 is 1.00 bits per heavy atom. The second kappa shape index (κ2) is 8.89. The van der Waals surface area contributed by atoms with Crippen LogP contribution in [-0.4, -0.2) is 34.5 Å². The lowest BCUT2D eigenvalue weighted by Gasteiger charge is -1.85. The van der Waals surface area contributed by atoms with Gasteiger partial charge in [-0.05, 0) is 13.8 Å². The van der Waals surface area contributed by atoms with E-state index in [1.807, 2.05) is 0 Å². The lowest BCUT2D eigenvalue weighted by atomic mass is 10.5. The zero-order chi connectivity index (χ0) is 10.3. The maximum absolute atomic E-state index is 11.2. The summed E-state index contributed by atoms with van der Waals surface area (Å²) in [5.74, 6) is -2.81. The molecule has 0 saturated heterocycles. The van der Waals surface area contributed by atoms with E-state index in [1.165, 1.54) is 0 Å². The van der Waals surface area contributed by atoms with Crippen LogP contribution >= 0.6 is 0 Å². The van der Waals surface area contributed by atoms with Gasteiger partial charge in [0.05, 0.1) is 0 Å². The Morgan fingerprint density at radius 2 is 1.08 bits per heavy atom. The monoisotopic (exact) mass is 198 g/mol. The Labute approximate surface area is 75.2 Å². The summed E-state index contributed by atoms with van der Waals surface area (Å²) >= 11 is 0. The van der Waals surface area contributed by atoms with Gasteiger partial charge in [0.2, 0.25) is 0 Å². The zero-order valence-electron chi connectivity index (χ0n) is 6.62. The van der Waals surface area contributed by atoms with Gasteiger partial charge in [-0.15, -0.1) is 0 Å². The lowest BCUT2D eigenvalue weighted by Crippen LogP contribution is -2.08. The number of alkyl halides is 2. The molecule has 0 saturated carbocycles. The van der Waals surface area contributed by atoms with E-state index in [-0.39, 0.29) is 7.43 Å². The highest BCUT2D eigenvalue weighted by Crippen LogP contribution is 1.83. The van der Waals surface area contributed by atoms with Crippen molar-refractivity contribution in [3.05, 3.63) is 0 Å². The number of carboxylic acids is 2. The van der Waals surface area contributed by atoms with Gasteiger partial charge in [-0.3, -0.25) is 0 Å². The van der Waals surface area contributed by atoms with Gasteiger partial charge < -0.3 is 10.2 Å². The van der Waals surface area contributed by atoms with E-state index in [9.17, 15) is 18.4 Å². The smallest absolute Gasteiger partial charge is 0.337 e. The SMILES string of the molecule is C.C[C@@H]([18F])C(=O)O.C[C@H]([18F])C(=O)O. The first kappa shape index (κ1) is 17.8. The van der Waals surface area contributed by atoms with Gasteiger partial charge in [-0.25, -0.2) is 18.4 Å². The number of hydrogen-bond donors (Lipinski definition) is 2. The van der Waals surface area contributed by atoms with Crippen LogP contribution in [0.5, 0.6) is 0 Å². The fourth-order valence-electron chi connectivity index (χ4n) is 0. The van der Waals surface area contributed by atoms with Gasteiger partial charge >= 0.3 is 11.9 Å². The first-order valence-corrected chi connectivity index (χ1v) is 3.02. The molecule has 0 spiro atoms. The molecule has 0 bridgehead atoms. The van der Waals surface area contributed by atoms with Crippen molar-refractivity contribution in [2.75, 3.05) is 0 Å². The third kappa shape index (κ3) is 18.1. The topological polar surface area (TPSA) is 74.6 Å². The van der Waals surface area contributed by atoms with E-state index in [0.717, 1.165) is 13.8 Å². The fraction of sp³-hybridized carbons (Fsp3) is 0.714. The molecule has 2 N–H and O–H groups in total. The molecule has 0 aromatic carbocycles. The minimum Gasteiger partial charge on any atom is -0.479 e. The van der Waals surface area contributed by atoms with E-state index in [4.69, 9.17) is 10.2 Å². The van der Waals surface area contributed by atoms with E-state index in [0.29, 0.717) is 0 Å². The minimum atomic E-state index is -1.73. The summed E-state index contributed by atoms with van der Waals surface area (Å²) in [5.41, 5.74) is 0. The third-order valence-corrected chi connectivity index (χ3v) is 0.681. The van der Waals surface area contributed by atoms with Crippen LogP contribution < -0.4 is 0 Å². The van der Waals surface area contributed by atoms with Crippen molar-refractivity contribution < 1.29 is 28.6 Å². The first-order chi connectivity index (χ1) is 5.29. The summed E-state index contributed by atoms with van der Waals surface area (Å²) in [5, 5.41) is 15.2. The average Bonchev–Trinajstić information content (AvgIpc) is 1.88. The molecular formula is C7H14F2O4. The molecule has 0 aromatic heterocycles. The normalized spacial score (nSPS) is 12.6. The largest absolute Gasteiger partial charge is 0.479 e. The van der Waals surface area contributed by atoms with Crippen LogP contribution in [0, 0.1) is 0 Å². The lowest BCUT2D eigenvalue weighted by molar-refractivity contribution is -0.142. The van der Waals surface area contributed by atoms with Crippen molar-refractivity contribution in [1.82, 2.24) is 0 Å². The predicted molar refractivity (Wildman–Crippen MR) is 43.1 cm³/mol. The van der Waals surface area contributed by atoms with Gasteiger partial charge in [0.1, 0.15) is 0 Å². The summed E-state index contributed by atoms with van der Waals surface area (Å²) in [6.07, 6.45) is -3.46. The van der Waals surface area contributed by atoms with Crippen molar-refractivity contribution in [3.8, 4) is 0 Å². The maximum atomic E-state index is 11.2. The van der Waals surface area contributed by atoms with Gasteiger partial charge in [-0.2, -0.15) is 0 Å². The highest BCUT2D eigenvalue weighted by Gasteiger charge is 2.05. The van der Waals surface area contributed by atoms with Crippen molar-refractivity contribution in [1.29, 1.82) is 0 Å². The van der Waals surface area contributed by atoms with Crippen LogP contribution in [0.3, 0.4) is 0 Å². The Hall–Kier alpha value is -1.20. The van der Waals surface area contributed by atoms with Crippen LogP contribution in [0.15, 0.2) is 0 Å². The molecule has 0 aromatic rings. The predicted octanol–water partition coefficient (Wildman–Crippen LogP) is 1.49. The molecule has 80 valence electrons. The standard InChI is InChI=1S/2C3H5FO2.CH4/c2*1-2(4)3(5)6;/h2*2H,1H3,(H,5,6);1H4/t2*2-;/m10./s1/i2*4-1;. The maximum Gasteiger partial charge on any atom is 0.337 e. The van der Waals surface area contributed by atoms with Crippen molar-refractivity contribution in [2.45, 2.75) is 33.6 Å². The molecule has 0 aliphatic heterocycles. The first-order valence-electron chi connectivity index (χ1n) is 3.02. The molecule has 4 nitrogen and oxygen atoms in total. The minimum absolute atomic E-state index is 0. The van der Waals surface area contributed by atoms with Crippen molar-refractivity contribution in [2.24, 2.45) is 0 Å². The Balaban J connectivity index is -0.000000143. The van der Waals surface area contributed by atoms with Gasteiger partial charge in [-0.1, -0.05) is 7.43 Å². The van der Waals surface area contributed by atoms with Crippen LogP contribution in [0.25, 0.3) is 0 Å². The van der Waals surface area contributed by atoms with Crippen LogP contribution in [0.2, 0.25) is 0 Å². The number of rotatable bonds is 2. The molecule has 0 amide bonds. The van der Waals surface area contributed by atoms with E-state index in [2.05, 4.69) is 0 Å². The second-order valence-electron chi connectivity index (χ2n) is 1.91. The highest BCUT2D eigenvalue weighted by atomic mass is 18.2. The number of carbonyl (C=O) groups is 2. The number of carboxylic acid groups (broad SMARTS) is 2. The zero-order valence-corrected chi connectivity index (χ0v) is 6.62. The quantitative estimate of drug-likeness (QED) is 0.705. The molecule has 6 heteroatoms. The van der Waals surface area contributed by atoms with Crippen LogP contribution in [0.1, 0.15) is 21.3 Å². The molecular weight excluding hydrogens is 184 g/mol. The molecule has 13 heavy (non-hydrogen) atoms. The van der Waals surface area contributed by atoms with Gasteiger partial charge in [0.25, 0.3) is 0 Å². The molecule has 0 fully saturated rings. The summed E-state index contributed by atoms with van der Waals surface area (Å²) in [4.78, 5) is 18.6. The van der Waals surface area contributed by atoms with Gasteiger partial charge in [0, 0.05) is 0 Å². The fourth-order valence-corrected chi connectivity index (χ4v) is 0. The van der Waals surface area contributed by atoms with E-state index >= 15 is 0 Å². The molecule has 0 radical (unpaired) electrons. The summed E-state index contributed by atoms with van der Waals surface area (Å²) in [6, 6.07) is 0. The molecule has 0 aliphatic rings. The molecule has 0 heterocycles. The second-order valence-corrected chi connectivity index (χ2v) is 1.91. The van der Waals surface area contributed by atoms with E-state index < -0.39 is 24.3 Å².